The van der Waals surface area contributed by atoms with E-state index in [1.807, 2.05) is 18.2 Å². The Morgan fingerprint density at radius 1 is 1.08 bits per heavy atom. The van der Waals surface area contributed by atoms with Crippen molar-refractivity contribution in [1.29, 1.82) is 0 Å². The summed E-state index contributed by atoms with van der Waals surface area (Å²) in [6.45, 7) is 0. The number of pyridine rings is 2. The van der Waals surface area contributed by atoms with E-state index in [1.165, 1.54) is 0 Å². The highest BCUT2D eigenvalue weighted by atomic mass is 16.5. The quantitative estimate of drug-likeness (QED) is 0.805. The van der Waals surface area contributed by atoms with Crippen molar-refractivity contribution in [2.24, 2.45) is 0 Å². The van der Waals surface area contributed by atoms with E-state index in [0.29, 0.717) is 5.75 Å². The molecule has 0 unspecified atom stereocenters. The summed E-state index contributed by atoms with van der Waals surface area (Å²) in [5.74, 6) is 1.45. The van der Waals surface area contributed by atoms with Crippen LogP contribution in [0.3, 0.4) is 0 Å². The number of aromatic amines is 1. The predicted octanol–water partition coefficient (Wildman–Crippen LogP) is 3.10. The average Bonchev–Trinajstić information content (AvgIpc) is 3.11. The van der Waals surface area contributed by atoms with Gasteiger partial charge >= 0.3 is 0 Å². The van der Waals surface area contributed by atoms with E-state index >= 15 is 0 Å². The molecule has 0 bridgehead atoms. The predicted molar refractivity (Wildman–Crippen MR) is 92.9 cm³/mol. The minimum absolute atomic E-state index is 0.0230. The Balaban J connectivity index is 2.12. The number of hydrogen-bond acceptors (Lipinski definition) is 4. The summed E-state index contributed by atoms with van der Waals surface area (Å²) < 4.78 is 10.9. The zero-order valence-corrected chi connectivity index (χ0v) is 13.7. The lowest BCUT2D eigenvalue weighted by Crippen LogP contribution is -2.13. The summed E-state index contributed by atoms with van der Waals surface area (Å²) in [5.41, 5.74) is 4.75. The fourth-order valence-corrected chi connectivity index (χ4v) is 3.59. The van der Waals surface area contributed by atoms with Crippen molar-refractivity contribution in [3.05, 3.63) is 52.1 Å². The number of rotatable bonds is 3. The van der Waals surface area contributed by atoms with Crippen LogP contribution in [0, 0.1) is 0 Å². The first kappa shape index (κ1) is 14.8. The van der Waals surface area contributed by atoms with Crippen molar-refractivity contribution in [3.63, 3.8) is 0 Å². The highest BCUT2D eigenvalue weighted by Gasteiger charge is 2.22. The Kier molecular flexibility index (Phi) is 3.49. The molecule has 0 radical (unpaired) electrons. The van der Waals surface area contributed by atoms with E-state index < -0.39 is 0 Å². The molecule has 3 aromatic rings. The van der Waals surface area contributed by atoms with E-state index in [4.69, 9.17) is 9.47 Å². The van der Waals surface area contributed by atoms with E-state index in [-0.39, 0.29) is 5.56 Å². The number of aromatic nitrogens is 2. The van der Waals surface area contributed by atoms with Crippen LogP contribution in [-0.4, -0.2) is 24.2 Å². The summed E-state index contributed by atoms with van der Waals surface area (Å²) in [6.07, 6.45) is 6.21. The minimum Gasteiger partial charge on any atom is -0.496 e. The third-order valence-corrected chi connectivity index (χ3v) is 4.67. The highest BCUT2D eigenvalue weighted by molar-refractivity contribution is 6.00. The third kappa shape index (κ3) is 2.16. The van der Waals surface area contributed by atoms with Crippen LogP contribution in [0.1, 0.15) is 17.5 Å². The molecule has 0 aliphatic heterocycles. The Hall–Kier alpha value is -2.82. The molecular weight excluding hydrogens is 304 g/mol. The Labute approximate surface area is 139 Å². The van der Waals surface area contributed by atoms with Crippen molar-refractivity contribution in [2.75, 3.05) is 14.2 Å². The number of hydrogen-bond donors (Lipinski definition) is 1. The molecule has 1 aromatic carbocycles. The molecule has 122 valence electrons. The molecule has 1 aliphatic carbocycles. The van der Waals surface area contributed by atoms with Gasteiger partial charge < -0.3 is 14.5 Å². The first-order valence-electron chi connectivity index (χ1n) is 7.97. The summed E-state index contributed by atoms with van der Waals surface area (Å²) in [6, 6.07) is 5.73. The molecule has 0 atom stereocenters. The molecule has 1 aliphatic rings. The molecule has 5 nitrogen and oxygen atoms in total. The van der Waals surface area contributed by atoms with Gasteiger partial charge in [-0.3, -0.25) is 9.78 Å². The first-order chi connectivity index (χ1) is 11.7. The number of methoxy groups -OCH3 is 2. The van der Waals surface area contributed by atoms with Gasteiger partial charge in [0.05, 0.1) is 20.4 Å². The van der Waals surface area contributed by atoms with Crippen molar-refractivity contribution >= 4 is 10.9 Å². The maximum Gasteiger partial charge on any atom is 0.251 e. The van der Waals surface area contributed by atoms with Crippen LogP contribution < -0.4 is 15.0 Å². The van der Waals surface area contributed by atoms with E-state index in [0.717, 1.165) is 58.2 Å². The monoisotopic (exact) mass is 322 g/mol. The lowest BCUT2D eigenvalue weighted by Gasteiger charge is -2.15. The molecule has 1 N–H and O–H groups in total. The van der Waals surface area contributed by atoms with Gasteiger partial charge in [0, 0.05) is 33.8 Å². The second kappa shape index (κ2) is 5.67. The Bertz CT molecular complexity index is 992. The zero-order valence-electron chi connectivity index (χ0n) is 13.7. The van der Waals surface area contributed by atoms with Crippen molar-refractivity contribution in [1.82, 2.24) is 9.97 Å². The Morgan fingerprint density at radius 2 is 1.92 bits per heavy atom. The summed E-state index contributed by atoms with van der Waals surface area (Å²) >= 11 is 0. The SMILES string of the molecule is COc1cncc(-c2c(OC)ccc3[nH]c(=O)c4c(c23)CCC4)c1. The lowest BCUT2D eigenvalue weighted by molar-refractivity contribution is 0.412. The summed E-state index contributed by atoms with van der Waals surface area (Å²) in [7, 11) is 3.28. The van der Waals surface area contributed by atoms with Gasteiger partial charge in [0.15, 0.2) is 0 Å². The lowest BCUT2D eigenvalue weighted by atomic mass is 9.95. The molecule has 0 amide bonds. The topological polar surface area (TPSA) is 64.2 Å². The van der Waals surface area contributed by atoms with Gasteiger partial charge in [0.2, 0.25) is 0 Å². The normalized spacial score (nSPS) is 13.1. The standard InChI is InChI=1S/C19H18N2O3/c1-23-12-8-11(9-20-10-12)17-16(24-2)7-6-15-18(17)13-4-3-5-14(13)19(22)21-15/h6-10H,3-5H2,1-2H3,(H,21,22). The van der Waals surface area contributed by atoms with Crippen LogP contribution in [0.25, 0.3) is 22.0 Å². The van der Waals surface area contributed by atoms with Crippen molar-refractivity contribution in [2.45, 2.75) is 19.3 Å². The number of fused-ring (bicyclic) bond motifs is 3. The molecule has 0 spiro atoms. The second-order valence-electron chi connectivity index (χ2n) is 5.94. The number of ether oxygens (including phenoxy) is 2. The van der Waals surface area contributed by atoms with E-state index in [2.05, 4.69) is 9.97 Å². The maximum absolute atomic E-state index is 12.3. The van der Waals surface area contributed by atoms with Crippen LogP contribution in [0.2, 0.25) is 0 Å². The number of nitrogens with one attached hydrogen (secondary N) is 1. The van der Waals surface area contributed by atoms with Gasteiger partial charge in [-0.05, 0) is 43.0 Å². The molecule has 0 fully saturated rings. The van der Waals surface area contributed by atoms with Crippen molar-refractivity contribution < 1.29 is 9.47 Å². The van der Waals surface area contributed by atoms with Crippen LogP contribution in [-0.2, 0) is 12.8 Å². The van der Waals surface area contributed by atoms with Crippen LogP contribution in [0.5, 0.6) is 11.5 Å². The largest absolute Gasteiger partial charge is 0.496 e. The number of nitrogens with zero attached hydrogens (tertiary/aromatic N) is 1. The number of aryl methyl sites for hydroxylation is 1. The zero-order chi connectivity index (χ0) is 16.7. The van der Waals surface area contributed by atoms with Gasteiger partial charge in [0.1, 0.15) is 11.5 Å². The molecular formula is C19H18N2O3. The average molecular weight is 322 g/mol. The van der Waals surface area contributed by atoms with Gasteiger partial charge in [-0.2, -0.15) is 0 Å². The fraction of sp³-hybridized carbons (Fsp3) is 0.263. The Morgan fingerprint density at radius 3 is 2.71 bits per heavy atom. The van der Waals surface area contributed by atoms with Crippen LogP contribution in [0.4, 0.5) is 0 Å². The van der Waals surface area contributed by atoms with E-state index in [1.54, 1.807) is 26.6 Å². The summed E-state index contributed by atoms with van der Waals surface area (Å²) in [5, 5.41) is 1.05. The molecule has 2 aromatic heterocycles. The summed E-state index contributed by atoms with van der Waals surface area (Å²) in [4.78, 5) is 19.6. The molecule has 0 saturated heterocycles. The van der Waals surface area contributed by atoms with Crippen LogP contribution >= 0.6 is 0 Å². The molecule has 2 heterocycles. The molecule has 24 heavy (non-hydrogen) atoms. The fourth-order valence-electron chi connectivity index (χ4n) is 3.59. The van der Waals surface area contributed by atoms with Gasteiger partial charge in [0.25, 0.3) is 5.56 Å². The second-order valence-corrected chi connectivity index (χ2v) is 5.94. The van der Waals surface area contributed by atoms with Gasteiger partial charge in [-0.15, -0.1) is 0 Å². The highest BCUT2D eigenvalue weighted by Crippen LogP contribution is 2.40. The smallest absolute Gasteiger partial charge is 0.251 e. The minimum atomic E-state index is 0.0230. The number of benzene rings is 1. The molecule has 0 saturated carbocycles. The number of H-pyrrole nitrogens is 1. The van der Waals surface area contributed by atoms with Crippen molar-refractivity contribution in [3.8, 4) is 22.6 Å². The van der Waals surface area contributed by atoms with Crippen LogP contribution in [0.15, 0.2) is 35.4 Å². The first-order valence-corrected chi connectivity index (χ1v) is 7.97. The maximum atomic E-state index is 12.3. The molecule has 4 rings (SSSR count). The molecule has 5 heteroatoms. The van der Waals surface area contributed by atoms with E-state index in [9.17, 15) is 4.79 Å². The van der Waals surface area contributed by atoms with Gasteiger partial charge in [-0.25, -0.2) is 0 Å². The third-order valence-electron chi connectivity index (χ3n) is 4.67. The van der Waals surface area contributed by atoms with Gasteiger partial charge in [-0.1, -0.05) is 0 Å².